The summed E-state index contributed by atoms with van der Waals surface area (Å²) in [5, 5.41) is 26.7. The lowest BCUT2D eigenvalue weighted by atomic mass is 10.1. The van der Waals surface area contributed by atoms with Crippen LogP contribution in [0.2, 0.25) is 0 Å². The molecule has 1 atom stereocenters. The summed E-state index contributed by atoms with van der Waals surface area (Å²) < 4.78 is 0. The number of benzene rings is 2. The zero-order chi connectivity index (χ0) is 15.1. The third-order valence-corrected chi connectivity index (χ3v) is 2.65. The van der Waals surface area contributed by atoms with Crippen LogP contribution in [0.5, 0.6) is 11.5 Å². The van der Waals surface area contributed by atoms with Crippen LogP contribution in [0.1, 0.15) is 35.9 Å². The Labute approximate surface area is 117 Å². The quantitative estimate of drug-likeness (QED) is 0.735. The highest BCUT2D eigenvalue weighted by molar-refractivity contribution is 5.94. The third-order valence-electron chi connectivity index (χ3n) is 2.65. The van der Waals surface area contributed by atoms with Crippen molar-refractivity contribution in [1.29, 1.82) is 0 Å². The summed E-state index contributed by atoms with van der Waals surface area (Å²) in [7, 11) is 0. The Morgan fingerprint density at radius 2 is 1.30 bits per heavy atom. The topological polar surface area (TPSA) is 77.8 Å². The standard InChI is InChI=1S/C8H10O2.C8H8O2/c2*1-6(9)7-2-4-8(10)5-3-7/h2-6,9-10H,1H3;2-5,10H,1H3. The van der Waals surface area contributed by atoms with E-state index in [4.69, 9.17) is 15.3 Å². The Hall–Kier alpha value is -2.33. The van der Waals surface area contributed by atoms with E-state index in [9.17, 15) is 4.79 Å². The van der Waals surface area contributed by atoms with Crippen molar-refractivity contribution in [3.8, 4) is 11.5 Å². The highest BCUT2D eigenvalue weighted by Gasteiger charge is 1.98. The van der Waals surface area contributed by atoms with Crippen LogP contribution in [-0.4, -0.2) is 21.1 Å². The first-order valence-electron chi connectivity index (χ1n) is 6.17. The number of hydrogen-bond acceptors (Lipinski definition) is 4. The van der Waals surface area contributed by atoms with E-state index < -0.39 is 6.10 Å². The van der Waals surface area contributed by atoms with E-state index in [1.165, 1.54) is 19.1 Å². The molecular weight excluding hydrogens is 256 g/mol. The number of rotatable bonds is 2. The van der Waals surface area contributed by atoms with E-state index in [1.807, 2.05) is 0 Å². The number of ketones is 1. The van der Waals surface area contributed by atoms with Crippen LogP contribution in [0, 0.1) is 0 Å². The minimum atomic E-state index is -0.458. The molecule has 0 amide bonds. The van der Waals surface area contributed by atoms with Crippen LogP contribution in [0.4, 0.5) is 0 Å². The summed E-state index contributed by atoms with van der Waals surface area (Å²) in [6.45, 7) is 3.18. The van der Waals surface area contributed by atoms with Crippen LogP contribution >= 0.6 is 0 Å². The summed E-state index contributed by atoms with van der Waals surface area (Å²) in [6.07, 6.45) is -0.458. The highest BCUT2D eigenvalue weighted by Crippen LogP contribution is 2.15. The Bertz CT molecular complexity index is 542. The molecule has 0 heterocycles. The average molecular weight is 274 g/mol. The van der Waals surface area contributed by atoms with Crippen molar-refractivity contribution < 1.29 is 20.1 Å². The second kappa shape index (κ2) is 7.31. The Morgan fingerprint density at radius 1 is 0.900 bits per heavy atom. The molecule has 4 nitrogen and oxygen atoms in total. The van der Waals surface area contributed by atoms with Gasteiger partial charge in [0.2, 0.25) is 0 Å². The predicted molar refractivity (Wildman–Crippen MR) is 76.9 cm³/mol. The van der Waals surface area contributed by atoms with Gasteiger partial charge >= 0.3 is 0 Å². The second-order valence-electron chi connectivity index (χ2n) is 4.37. The normalized spacial score (nSPS) is 11.2. The summed E-state index contributed by atoms with van der Waals surface area (Å²) >= 11 is 0. The van der Waals surface area contributed by atoms with Crippen LogP contribution in [0.15, 0.2) is 48.5 Å². The van der Waals surface area contributed by atoms with Gasteiger partial charge < -0.3 is 15.3 Å². The first kappa shape index (κ1) is 15.7. The number of carbonyl (C=O) groups excluding carboxylic acids is 1. The van der Waals surface area contributed by atoms with Crippen LogP contribution < -0.4 is 0 Å². The minimum Gasteiger partial charge on any atom is -0.508 e. The van der Waals surface area contributed by atoms with Gasteiger partial charge in [-0.25, -0.2) is 0 Å². The zero-order valence-corrected chi connectivity index (χ0v) is 11.4. The average Bonchev–Trinajstić information content (AvgIpc) is 2.40. The molecule has 106 valence electrons. The molecule has 0 fully saturated rings. The summed E-state index contributed by atoms with van der Waals surface area (Å²) in [5.74, 6) is 0.425. The molecule has 0 aromatic heterocycles. The third kappa shape index (κ3) is 5.12. The van der Waals surface area contributed by atoms with Gasteiger partial charge in [0.15, 0.2) is 5.78 Å². The van der Waals surface area contributed by atoms with Crippen molar-refractivity contribution >= 4 is 5.78 Å². The van der Waals surface area contributed by atoms with Gasteiger partial charge in [0.25, 0.3) is 0 Å². The number of Topliss-reactive ketones (excluding diaryl/α,β-unsaturated/α-hetero) is 1. The van der Waals surface area contributed by atoms with Crippen LogP contribution in [0.25, 0.3) is 0 Å². The monoisotopic (exact) mass is 274 g/mol. The zero-order valence-electron chi connectivity index (χ0n) is 11.4. The number of aromatic hydroxyl groups is 2. The molecule has 2 aromatic rings. The number of phenolic OH excluding ortho intramolecular Hbond substituents is 2. The van der Waals surface area contributed by atoms with E-state index in [0.29, 0.717) is 5.56 Å². The van der Waals surface area contributed by atoms with Crippen molar-refractivity contribution in [3.05, 3.63) is 59.7 Å². The Kier molecular flexibility index (Phi) is 5.74. The lowest BCUT2D eigenvalue weighted by Gasteiger charge is -2.02. The molecule has 0 aliphatic heterocycles. The van der Waals surface area contributed by atoms with Crippen LogP contribution in [-0.2, 0) is 0 Å². The fraction of sp³-hybridized carbons (Fsp3) is 0.188. The first-order valence-corrected chi connectivity index (χ1v) is 6.17. The lowest BCUT2D eigenvalue weighted by molar-refractivity contribution is 0.101. The van der Waals surface area contributed by atoms with Gasteiger partial charge in [0, 0.05) is 5.56 Å². The van der Waals surface area contributed by atoms with Crippen molar-refractivity contribution in [1.82, 2.24) is 0 Å². The Balaban J connectivity index is 0.000000200. The van der Waals surface area contributed by atoms with Gasteiger partial charge in [-0.1, -0.05) is 12.1 Å². The van der Waals surface area contributed by atoms with Crippen molar-refractivity contribution in [3.63, 3.8) is 0 Å². The largest absolute Gasteiger partial charge is 0.508 e. The fourth-order valence-corrected chi connectivity index (χ4v) is 1.45. The number of aliphatic hydroxyl groups excluding tert-OH is 1. The minimum absolute atomic E-state index is 0.0139. The van der Waals surface area contributed by atoms with Gasteiger partial charge in [0.05, 0.1) is 6.10 Å². The molecule has 0 bridgehead atoms. The SMILES string of the molecule is CC(=O)c1ccc(O)cc1.CC(O)c1ccc(O)cc1. The van der Waals surface area contributed by atoms with Gasteiger partial charge in [-0.2, -0.15) is 0 Å². The maximum Gasteiger partial charge on any atom is 0.159 e. The molecule has 0 aliphatic rings. The van der Waals surface area contributed by atoms with E-state index in [-0.39, 0.29) is 17.3 Å². The molecule has 0 aliphatic carbocycles. The van der Waals surface area contributed by atoms with Crippen molar-refractivity contribution in [2.45, 2.75) is 20.0 Å². The molecule has 2 aromatic carbocycles. The van der Waals surface area contributed by atoms with Gasteiger partial charge in [-0.3, -0.25) is 4.79 Å². The van der Waals surface area contributed by atoms with E-state index in [1.54, 1.807) is 43.3 Å². The molecule has 0 saturated heterocycles. The highest BCUT2D eigenvalue weighted by atomic mass is 16.3. The maximum absolute atomic E-state index is 10.7. The predicted octanol–water partition coefficient (Wildman–Crippen LogP) is 3.04. The summed E-state index contributed by atoms with van der Waals surface area (Å²) in [6, 6.07) is 12.7. The van der Waals surface area contributed by atoms with Crippen molar-refractivity contribution in [2.24, 2.45) is 0 Å². The molecule has 20 heavy (non-hydrogen) atoms. The smallest absolute Gasteiger partial charge is 0.159 e. The first-order chi connectivity index (χ1) is 9.40. The van der Waals surface area contributed by atoms with Gasteiger partial charge in [-0.15, -0.1) is 0 Å². The Morgan fingerprint density at radius 3 is 1.65 bits per heavy atom. The maximum atomic E-state index is 10.7. The molecule has 3 N–H and O–H groups in total. The molecule has 2 rings (SSSR count). The number of carbonyl (C=O) groups is 1. The molecule has 0 radical (unpaired) electrons. The molecule has 0 spiro atoms. The van der Waals surface area contributed by atoms with E-state index in [2.05, 4.69) is 0 Å². The number of phenols is 2. The number of aliphatic hydroxyl groups is 1. The van der Waals surface area contributed by atoms with Gasteiger partial charge in [-0.05, 0) is 55.8 Å². The second-order valence-corrected chi connectivity index (χ2v) is 4.37. The summed E-state index contributed by atoms with van der Waals surface area (Å²) in [4.78, 5) is 10.7. The van der Waals surface area contributed by atoms with Crippen LogP contribution in [0.3, 0.4) is 0 Å². The molecule has 0 saturated carbocycles. The van der Waals surface area contributed by atoms with E-state index >= 15 is 0 Å². The molecule has 4 heteroatoms. The van der Waals surface area contributed by atoms with E-state index in [0.717, 1.165) is 5.56 Å². The lowest BCUT2D eigenvalue weighted by Crippen LogP contribution is -1.89. The van der Waals surface area contributed by atoms with Crippen molar-refractivity contribution in [2.75, 3.05) is 0 Å². The molecule has 1 unspecified atom stereocenters. The fourth-order valence-electron chi connectivity index (χ4n) is 1.45. The molecular formula is C16H18O4. The number of hydrogen-bond donors (Lipinski definition) is 3. The van der Waals surface area contributed by atoms with Gasteiger partial charge in [0.1, 0.15) is 11.5 Å². The summed E-state index contributed by atoms with van der Waals surface area (Å²) in [5.41, 5.74) is 1.44.